The van der Waals surface area contributed by atoms with Gasteiger partial charge in [-0.15, -0.1) is 0 Å². The highest BCUT2D eigenvalue weighted by Crippen LogP contribution is 2.30. The summed E-state index contributed by atoms with van der Waals surface area (Å²) in [4.78, 5) is 22.9. The van der Waals surface area contributed by atoms with E-state index in [9.17, 15) is 9.59 Å². The number of benzene rings is 1. The molecular weight excluding hydrogens is 230 g/mol. The fraction of sp³-hybridized carbons (Fsp3) is 0.286. The largest absolute Gasteiger partial charge is 0.423 e. The van der Waals surface area contributed by atoms with Crippen molar-refractivity contribution in [1.82, 2.24) is 0 Å². The van der Waals surface area contributed by atoms with Gasteiger partial charge in [0.1, 0.15) is 5.58 Å². The number of anilines is 1. The van der Waals surface area contributed by atoms with Crippen LogP contribution in [0.4, 0.5) is 5.69 Å². The van der Waals surface area contributed by atoms with Gasteiger partial charge >= 0.3 is 5.63 Å². The second-order valence-corrected chi connectivity index (χ2v) is 4.72. The molecule has 1 saturated carbocycles. The number of carbonyl (C=O) groups excluding carboxylic acids is 1. The topological polar surface area (TPSA) is 59.3 Å². The highest BCUT2D eigenvalue weighted by atomic mass is 16.4. The van der Waals surface area contributed by atoms with E-state index in [2.05, 4.69) is 5.32 Å². The lowest BCUT2D eigenvalue weighted by atomic mass is 10.1. The van der Waals surface area contributed by atoms with E-state index in [1.165, 1.54) is 6.07 Å². The van der Waals surface area contributed by atoms with Crippen molar-refractivity contribution in [3.63, 3.8) is 0 Å². The van der Waals surface area contributed by atoms with Crippen LogP contribution in [-0.2, 0) is 4.79 Å². The first kappa shape index (κ1) is 11.0. The van der Waals surface area contributed by atoms with Crippen molar-refractivity contribution in [2.45, 2.75) is 19.8 Å². The van der Waals surface area contributed by atoms with E-state index in [0.717, 1.165) is 23.8 Å². The minimum Gasteiger partial charge on any atom is -0.423 e. The molecule has 1 heterocycles. The van der Waals surface area contributed by atoms with Crippen LogP contribution in [0.3, 0.4) is 0 Å². The third kappa shape index (κ3) is 2.01. The quantitative estimate of drug-likeness (QED) is 0.824. The zero-order valence-electron chi connectivity index (χ0n) is 10.0. The van der Waals surface area contributed by atoms with Crippen molar-refractivity contribution in [2.75, 3.05) is 5.32 Å². The van der Waals surface area contributed by atoms with Gasteiger partial charge in [0.05, 0.1) is 0 Å². The molecule has 18 heavy (non-hydrogen) atoms. The van der Waals surface area contributed by atoms with Crippen molar-refractivity contribution in [1.29, 1.82) is 0 Å². The summed E-state index contributed by atoms with van der Waals surface area (Å²) in [5.41, 5.74) is 1.69. The maximum Gasteiger partial charge on any atom is 0.336 e. The lowest BCUT2D eigenvalue weighted by Gasteiger charge is -2.06. The van der Waals surface area contributed by atoms with Crippen molar-refractivity contribution in [2.24, 2.45) is 5.92 Å². The summed E-state index contributed by atoms with van der Waals surface area (Å²) in [7, 11) is 0. The third-order valence-electron chi connectivity index (χ3n) is 3.17. The number of carbonyl (C=O) groups is 1. The van der Waals surface area contributed by atoms with Crippen molar-refractivity contribution < 1.29 is 9.21 Å². The number of aryl methyl sites for hydroxylation is 1. The number of hydrogen-bond acceptors (Lipinski definition) is 3. The molecule has 1 fully saturated rings. The molecule has 0 aliphatic heterocycles. The van der Waals surface area contributed by atoms with Crippen molar-refractivity contribution in [3.8, 4) is 0 Å². The molecule has 1 aromatic carbocycles. The molecule has 0 radical (unpaired) electrons. The summed E-state index contributed by atoms with van der Waals surface area (Å²) in [5, 5.41) is 3.72. The number of fused-ring (bicyclic) bond motifs is 1. The number of hydrogen-bond donors (Lipinski definition) is 1. The number of nitrogens with one attached hydrogen (secondary N) is 1. The number of rotatable bonds is 2. The molecule has 0 unspecified atom stereocenters. The van der Waals surface area contributed by atoms with Crippen LogP contribution >= 0.6 is 0 Å². The van der Waals surface area contributed by atoms with E-state index in [-0.39, 0.29) is 17.5 Å². The molecule has 3 rings (SSSR count). The van der Waals surface area contributed by atoms with Gasteiger partial charge in [0.15, 0.2) is 0 Å². The average molecular weight is 243 g/mol. The van der Waals surface area contributed by atoms with Crippen LogP contribution in [-0.4, -0.2) is 5.91 Å². The zero-order valence-corrected chi connectivity index (χ0v) is 10.0. The highest BCUT2D eigenvalue weighted by Gasteiger charge is 2.29. The van der Waals surface area contributed by atoms with Crippen LogP contribution in [0.2, 0.25) is 0 Å². The molecule has 1 aliphatic rings. The lowest BCUT2D eigenvalue weighted by molar-refractivity contribution is -0.117. The van der Waals surface area contributed by atoms with Gasteiger partial charge in [-0.25, -0.2) is 4.79 Å². The van der Waals surface area contributed by atoms with E-state index in [0.29, 0.717) is 11.3 Å². The zero-order chi connectivity index (χ0) is 12.7. The Morgan fingerprint density at radius 3 is 2.83 bits per heavy atom. The van der Waals surface area contributed by atoms with Crippen molar-refractivity contribution >= 4 is 22.6 Å². The van der Waals surface area contributed by atoms with Crippen LogP contribution in [0.25, 0.3) is 11.0 Å². The van der Waals surface area contributed by atoms with Gasteiger partial charge in [0.25, 0.3) is 0 Å². The van der Waals surface area contributed by atoms with E-state index < -0.39 is 0 Å². The van der Waals surface area contributed by atoms with Crippen LogP contribution in [0, 0.1) is 12.8 Å². The minimum absolute atomic E-state index is 0.0457. The molecule has 92 valence electrons. The Kier molecular flexibility index (Phi) is 2.44. The minimum atomic E-state index is -0.370. The summed E-state index contributed by atoms with van der Waals surface area (Å²) in [5.74, 6) is 0.203. The Morgan fingerprint density at radius 2 is 2.11 bits per heavy atom. The highest BCUT2D eigenvalue weighted by molar-refractivity contribution is 5.96. The fourth-order valence-electron chi connectivity index (χ4n) is 1.99. The predicted molar refractivity (Wildman–Crippen MR) is 68.6 cm³/mol. The maximum atomic E-state index is 11.6. The van der Waals surface area contributed by atoms with E-state index in [1.54, 1.807) is 6.07 Å². The molecule has 0 spiro atoms. The third-order valence-corrected chi connectivity index (χ3v) is 3.17. The Hall–Kier alpha value is -2.10. The van der Waals surface area contributed by atoms with Gasteiger partial charge in [-0.3, -0.25) is 4.79 Å². The molecule has 2 aromatic rings. The normalized spacial score (nSPS) is 14.7. The van der Waals surface area contributed by atoms with E-state index in [4.69, 9.17) is 4.42 Å². The molecule has 0 saturated heterocycles. The molecule has 0 bridgehead atoms. The fourth-order valence-corrected chi connectivity index (χ4v) is 1.99. The summed E-state index contributed by atoms with van der Waals surface area (Å²) in [6, 6.07) is 6.85. The second-order valence-electron chi connectivity index (χ2n) is 4.72. The molecule has 1 aliphatic carbocycles. The first-order valence-corrected chi connectivity index (χ1v) is 5.99. The van der Waals surface area contributed by atoms with Gasteiger partial charge in [-0.1, -0.05) is 0 Å². The van der Waals surface area contributed by atoms with E-state index in [1.807, 2.05) is 19.1 Å². The molecule has 4 nitrogen and oxygen atoms in total. The monoisotopic (exact) mass is 243 g/mol. The Morgan fingerprint density at radius 1 is 1.33 bits per heavy atom. The summed E-state index contributed by atoms with van der Waals surface area (Å²) < 4.78 is 5.13. The Bertz CT molecular complexity index is 683. The summed E-state index contributed by atoms with van der Waals surface area (Å²) in [6.07, 6.45) is 1.93. The molecule has 1 amide bonds. The Balaban J connectivity index is 1.99. The van der Waals surface area contributed by atoms with Gasteiger partial charge < -0.3 is 9.73 Å². The van der Waals surface area contributed by atoms with Crippen LogP contribution in [0.15, 0.2) is 33.5 Å². The molecule has 0 atom stereocenters. The van der Waals surface area contributed by atoms with Gasteiger partial charge in [-0.05, 0) is 37.5 Å². The van der Waals surface area contributed by atoms with E-state index >= 15 is 0 Å². The van der Waals surface area contributed by atoms with Crippen LogP contribution in [0.5, 0.6) is 0 Å². The first-order chi connectivity index (χ1) is 8.63. The van der Waals surface area contributed by atoms with Crippen LogP contribution in [0.1, 0.15) is 18.4 Å². The maximum absolute atomic E-state index is 11.6. The smallest absolute Gasteiger partial charge is 0.336 e. The molecule has 4 heteroatoms. The standard InChI is InChI=1S/C14H13NO3/c1-8-6-13(16)18-12-7-10(4-5-11(8)12)15-14(17)9-2-3-9/h4-7,9H,2-3H2,1H3,(H,15,17). The second kappa shape index (κ2) is 3.98. The molecular formula is C14H13NO3. The van der Waals surface area contributed by atoms with Gasteiger partial charge in [0.2, 0.25) is 5.91 Å². The van der Waals surface area contributed by atoms with Crippen LogP contribution < -0.4 is 10.9 Å². The summed E-state index contributed by atoms with van der Waals surface area (Å²) in [6.45, 7) is 1.86. The van der Waals surface area contributed by atoms with Gasteiger partial charge in [-0.2, -0.15) is 0 Å². The average Bonchev–Trinajstić information content (AvgIpc) is 3.11. The Labute approximate surface area is 104 Å². The molecule has 1 N–H and O–H groups in total. The van der Waals surface area contributed by atoms with Crippen molar-refractivity contribution in [3.05, 3.63) is 40.2 Å². The SMILES string of the molecule is Cc1cc(=O)oc2cc(NC(=O)C3CC3)ccc12. The summed E-state index contributed by atoms with van der Waals surface area (Å²) >= 11 is 0. The molecule has 1 aromatic heterocycles. The van der Waals surface area contributed by atoms with Gasteiger partial charge in [0, 0.05) is 29.1 Å². The number of amides is 1. The predicted octanol–water partition coefficient (Wildman–Crippen LogP) is 2.45. The first-order valence-electron chi connectivity index (χ1n) is 5.99. The lowest BCUT2D eigenvalue weighted by Crippen LogP contribution is -2.13.